The van der Waals surface area contributed by atoms with Gasteiger partial charge in [-0.05, 0) is 59.3 Å². The number of aromatic nitrogens is 1. The van der Waals surface area contributed by atoms with E-state index in [0.29, 0.717) is 6.54 Å². The van der Waals surface area contributed by atoms with Crippen molar-refractivity contribution in [3.05, 3.63) is 180 Å². The largest absolute Gasteiger partial charge is 0.309 e. The Morgan fingerprint density at radius 1 is 0.545 bits per heavy atom. The highest BCUT2D eigenvalue weighted by atomic mass is 15.0. The van der Waals surface area contributed by atoms with Crippen LogP contribution in [0, 0.1) is 0 Å². The van der Waals surface area contributed by atoms with Crippen molar-refractivity contribution in [3.8, 4) is 16.8 Å². The molecular weight excluding hydrogens is 534 g/mol. The molecule has 0 aliphatic carbocycles. The van der Waals surface area contributed by atoms with Crippen LogP contribution in [-0.2, 0) is 6.54 Å². The van der Waals surface area contributed by atoms with E-state index < -0.39 is 0 Å². The van der Waals surface area contributed by atoms with E-state index in [1.54, 1.807) is 0 Å². The summed E-state index contributed by atoms with van der Waals surface area (Å²) in [5.41, 5.74) is 10.8. The third-order valence-electron chi connectivity index (χ3n) is 8.01. The van der Waals surface area contributed by atoms with Crippen LogP contribution in [0.1, 0.15) is 16.7 Å². The zero-order valence-electron chi connectivity index (χ0n) is 24.3. The van der Waals surface area contributed by atoms with E-state index in [2.05, 4.69) is 125 Å². The second-order valence-corrected chi connectivity index (χ2v) is 10.7. The van der Waals surface area contributed by atoms with E-state index in [0.717, 1.165) is 44.9 Å². The molecule has 0 saturated heterocycles. The predicted octanol–water partition coefficient (Wildman–Crippen LogP) is 10.2. The van der Waals surface area contributed by atoms with Gasteiger partial charge in [0.2, 0.25) is 0 Å². The highest BCUT2D eigenvalue weighted by molar-refractivity contribution is 6.12. The Bertz CT molecular complexity index is 2060. The Hall–Kier alpha value is -5.80. The molecule has 0 amide bonds. The normalized spacial score (nSPS) is 12.1. The number of rotatable bonds is 8. The van der Waals surface area contributed by atoms with Gasteiger partial charge in [-0.2, -0.15) is 0 Å². The van der Waals surface area contributed by atoms with Gasteiger partial charge >= 0.3 is 0 Å². The Balaban J connectivity index is 1.21. The molecule has 0 bridgehead atoms. The Morgan fingerprint density at radius 2 is 1.07 bits per heavy atom. The number of hydrogen-bond donors (Lipinski definition) is 0. The zero-order chi connectivity index (χ0) is 29.7. The molecule has 0 aliphatic heterocycles. The molecule has 0 aliphatic rings. The van der Waals surface area contributed by atoms with Crippen LogP contribution in [0.5, 0.6) is 0 Å². The molecule has 0 N–H and O–H groups in total. The van der Waals surface area contributed by atoms with Crippen LogP contribution in [0.15, 0.2) is 174 Å². The van der Waals surface area contributed by atoms with Crippen molar-refractivity contribution in [2.24, 2.45) is 9.98 Å². The van der Waals surface area contributed by atoms with E-state index >= 15 is 0 Å². The van der Waals surface area contributed by atoms with Crippen molar-refractivity contribution in [1.29, 1.82) is 0 Å². The van der Waals surface area contributed by atoms with E-state index in [4.69, 9.17) is 4.99 Å². The number of allylic oxidation sites excluding steroid dienone is 1. The highest BCUT2D eigenvalue weighted by Gasteiger charge is 2.12. The lowest BCUT2D eigenvalue weighted by atomic mass is 10.0. The molecule has 0 saturated carbocycles. The van der Waals surface area contributed by atoms with E-state index in [-0.39, 0.29) is 0 Å². The molecule has 7 rings (SSSR count). The van der Waals surface area contributed by atoms with Gasteiger partial charge < -0.3 is 4.57 Å². The predicted molar refractivity (Wildman–Crippen MR) is 187 cm³/mol. The Kier molecular flexibility index (Phi) is 7.51. The average molecular weight is 566 g/mol. The van der Waals surface area contributed by atoms with Gasteiger partial charge in [0.1, 0.15) is 0 Å². The fourth-order valence-electron chi connectivity index (χ4n) is 5.78. The number of aliphatic imine (C=N–C) groups is 2. The van der Waals surface area contributed by atoms with Crippen molar-refractivity contribution in [2.45, 2.75) is 6.54 Å². The van der Waals surface area contributed by atoms with Crippen LogP contribution in [0.4, 0.5) is 0 Å². The van der Waals surface area contributed by atoms with Crippen molar-refractivity contribution in [2.75, 3.05) is 0 Å². The first kappa shape index (κ1) is 27.1. The SMILES string of the molecule is C=N/C(=C\C(=NCc1ccccc1)c1ccc(-c2ccc(-n3c4ccccc4c4ccccc43)cc2)cc1)c1ccccc1. The van der Waals surface area contributed by atoms with Crippen molar-refractivity contribution in [3.63, 3.8) is 0 Å². The fraction of sp³-hybridized carbons (Fsp3) is 0.0244. The van der Waals surface area contributed by atoms with E-state index in [1.165, 1.54) is 21.8 Å². The van der Waals surface area contributed by atoms with Gasteiger partial charge in [0, 0.05) is 22.0 Å². The molecule has 3 heteroatoms. The average Bonchev–Trinajstić information content (AvgIpc) is 3.44. The Labute approximate surface area is 257 Å². The summed E-state index contributed by atoms with van der Waals surface area (Å²) < 4.78 is 2.34. The number of fused-ring (bicyclic) bond motifs is 3. The molecular formula is C41H31N3. The van der Waals surface area contributed by atoms with Crippen LogP contribution in [-0.4, -0.2) is 17.0 Å². The van der Waals surface area contributed by atoms with Gasteiger partial charge in [-0.1, -0.05) is 133 Å². The van der Waals surface area contributed by atoms with Gasteiger partial charge in [0.05, 0.1) is 29.0 Å². The van der Waals surface area contributed by atoms with Crippen molar-refractivity contribution >= 4 is 39.9 Å². The molecule has 0 radical (unpaired) electrons. The topological polar surface area (TPSA) is 29.6 Å². The summed E-state index contributed by atoms with van der Waals surface area (Å²) in [5.74, 6) is 0. The summed E-state index contributed by atoms with van der Waals surface area (Å²) in [6.07, 6.45) is 2.03. The lowest BCUT2D eigenvalue weighted by Crippen LogP contribution is -2.00. The minimum absolute atomic E-state index is 0.581. The molecule has 0 unspecified atom stereocenters. The minimum Gasteiger partial charge on any atom is -0.309 e. The summed E-state index contributed by atoms with van der Waals surface area (Å²) in [4.78, 5) is 9.36. The number of hydrogen-bond acceptors (Lipinski definition) is 2. The molecule has 3 nitrogen and oxygen atoms in total. The van der Waals surface area contributed by atoms with Gasteiger partial charge in [0.15, 0.2) is 0 Å². The maximum atomic E-state index is 5.02. The van der Waals surface area contributed by atoms with Crippen LogP contribution in [0.25, 0.3) is 44.3 Å². The molecule has 0 atom stereocenters. The lowest BCUT2D eigenvalue weighted by molar-refractivity contribution is 1.07. The maximum Gasteiger partial charge on any atom is 0.0716 e. The third kappa shape index (κ3) is 5.39. The summed E-state index contributed by atoms with van der Waals surface area (Å²) in [7, 11) is 0. The monoisotopic (exact) mass is 565 g/mol. The van der Waals surface area contributed by atoms with Gasteiger partial charge in [-0.3, -0.25) is 9.98 Å². The minimum atomic E-state index is 0.581. The Morgan fingerprint density at radius 3 is 1.66 bits per heavy atom. The van der Waals surface area contributed by atoms with Crippen LogP contribution >= 0.6 is 0 Å². The lowest BCUT2D eigenvalue weighted by Gasteiger charge is -2.10. The molecule has 6 aromatic carbocycles. The standard InChI is InChI=1S/C41H31N3/c1-42-38(33-14-6-3-7-15-33)28-39(43-29-30-12-4-2-5-13-30)34-22-20-31(21-23-34)32-24-26-35(27-25-32)44-40-18-10-8-16-36(40)37-17-9-11-19-41(37)44/h2-28H,1,29H2/b38-28-,43-39?. The zero-order valence-corrected chi connectivity index (χ0v) is 24.3. The third-order valence-corrected chi connectivity index (χ3v) is 8.01. The van der Waals surface area contributed by atoms with Crippen LogP contribution < -0.4 is 0 Å². The first-order chi connectivity index (χ1) is 21.8. The molecule has 1 heterocycles. The van der Waals surface area contributed by atoms with Crippen molar-refractivity contribution in [1.82, 2.24) is 4.57 Å². The summed E-state index contributed by atoms with van der Waals surface area (Å²) in [5, 5.41) is 2.53. The van der Waals surface area contributed by atoms with Crippen molar-refractivity contribution < 1.29 is 0 Å². The fourth-order valence-corrected chi connectivity index (χ4v) is 5.78. The number of nitrogens with zero attached hydrogens (tertiary/aromatic N) is 3. The van der Waals surface area contributed by atoms with Crippen LogP contribution in [0.2, 0.25) is 0 Å². The van der Waals surface area contributed by atoms with E-state index in [1.807, 2.05) is 54.6 Å². The first-order valence-electron chi connectivity index (χ1n) is 14.8. The summed E-state index contributed by atoms with van der Waals surface area (Å²) in [6, 6.07) is 55.1. The smallest absolute Gasteiger partial charge is 0.0716 e. The summed E-state index contributed by atoms with van der Waals surface area (Å²) in [6.45, 7) is 4.42. The van der Waals surface area contributed by atoms with E-state index in [9.17, 15) is 0 Å². The maximum absolute atomic E-state index is 5.02. The second kappa shape index (κ2) is 12.2. The second-order valence-electron chi connectivity index (χ2n) is 10.7. The molecule has 7 aromatic rings. The molecule has 210 valence electrons. The molecule has 0 fully saturated rings. The van der Waals surface area contributed by atoms with Gasteiger partial charge in [-0.15, -0.1) is 0 Å². The van der Waals surface area contributed by atoms with Gasteiger partial charge in [0.25, 0.3) is 0 Å². The first-order valence-corrected chi connectivity index (χ1v) is 14.8. The molecule has 44 heavy (non-hydrogen) atoms. The number of benzene rings is 6. The van der Waals surface area contributed by atoms with Crippen LogP contribution in [0.3, 0.4) is 0 Å². The number of para-hydroxylation sites is 2. The highest BCUT2D eigenvalue weighted by Crippen LogP contribution is 2.32. The quantitative estimate of drug-likeness (QED) is 0.164. The molecule has 1 aromatic heterocycles. The summed E-state index contributed by atoms with van der Waals surface area (Å²) >= 11 is 0. The van der Waals surface area contributed by atoms with Gasteiger partial charge in [-0.25, -0.2) is 0 Å². The molecule has 0 spiro atoms.